The minimum Gasteiger partial charge on any atom is -0.289 e. The highest BCUT2D eigenvalue weighted by molar-refractivity contribution is 9.10. The summed E-state index contributed by atoms with van der Waals surface area (Å²) in [6.45, 7) is 0. The first kappa shape index (κ1) is 14.2. The van der Waals surface area contributed by atoms with Crippen LogP contribution in [0.3, 0.4) is 0 Å². The van der Waals surface area contributed by atoms with Crippen LogP contribution in [0.2, 0.25) is 5.02 Å². The maximum atomic E-state index is 13.5. The molecule has 0 spiro atoms. The van der Waals surface area contributed by atoms with Crippen molar-refractivity contribution in [3.8, 4) is 0 Å². The Hall–Kier alpha value is -1.71. The summed E-state index contributed by atoms with van der Waals surface area (Å²) in [6, 6.07) is 15.2. The Morgan fingerprint density at radius 3 is 2.43 bits per heavy atom. The van der Waals surface area contributed by atoms with E-state index in [0.717, 1.165) is 15.2 Å². The second kappa shape index (κ2) is 5.58. The number of hydrogen-bond acceptors (Lipinski definition) is 1. The fourth-order valence-corrected chi connectivity index (χ4v) is 2.85. The Balaban J connectivity index is 2.18. The van der Waals surface area contributed by atoms with Crippen LogP contribution in [-0.2, 0) is 0 Å². The molecule has 0 saturated heterocycles. The fourth-order valence-electron chi connectivity index (χ4n) is 2.25. The molecule has 0 aliphatic rings. The molecule has 0 bridgehead atoms. The number of benzene rings is 3. The maximum Gasteiger partial charge on any atom is 0.193 e. The van der Waals surface area contributed by atoms with Gasteiger partial charge in [0.1, 0.15) is 5.82 Å². The van der Waals surface area contributed by atoms with E-state index < -0.39 is 5.82 Å². The molecule has 0 unspecified atom stereocenters. The largest absolute Gasteiger partial charge is 0.289 e. The van der Waals surface area contributed by atoms with Gasteiger partial charge in [-0.3, -0.25) is 4.79 Å². The lowest BCUT2D eigenvalue weighted by atomic mass is 9.97. The minimum absolute atomic E-state index is 0.00668. The molecule has 0 aliphatic heterocycles. The van der Waals surface area contributed by atoms with Crippen LogP contribution in [0, 0.1) is 5.82 Å². The quantitative estimate of drug-likeness (QED) is 0.540. The van der Waals surface area contributed by atoms with E-state index in [1.807, 2.05) is 30.3 Å². The lowest BCUT2D eigenvalue weighted by Gasteiger charge is -2.08. The lowest BCUT2D eigenvalue weighted by molar-refractivity contribution is 0.104. The monoisotopic (exact) mass is 362 g/mol. The van der Waals surface area contributed by atoms with E-state index in [0.29, 0.717) is 5.56 Å². The first-order chi connectivity index (χ1) is 10.1. The number of carbonyl (C=O) groups excluding carboxylic acids is 1. The molecule has 0 atom stereocenters. The summed E-state index contributed by atoms with van der Waals surface area (Å²) >= 11 is 9.12. The maximum absolute atomic E-state index is 13.5. The summed E-state index contributed by atoms with van der Waals surface area (Å²) in [5.41, 5.74) is 0.819. The Kier molecular flexibility index (Phi) is 3.79. The van der Waals surface area contributed by atoms with Crippen LogP contribution in [0.4, 0.5) is 4.39 Å². The summed E-state index contributed by atoms with van der Waals surface area (Å²) in [5, 5.41) is 1.78. The van der Waals surface area contributed by atoms with E-state index in [-0.39, 0.29) is 16.4 Å². The van der Waals surface area contributed by atoms with Crippen LogP contribution in [-0.4, -0.2) is 5.78 Å². The summed E-state index contributed by atoms with van der Waals surface area (Å²) < 4.78 is 14.5. The van der Waals surface area contributed by atoms with Crippen molar-refractivity contribution in [1.29, 1.82) is 0 Å². The molecule has 1 nitrogen and oxygen atoms in total. The van der Waals surface area contributed by atoms with Gasteiger partial charge in [-0.1, -0.05) is 51.8 Å². The van der Waals surface area contributed by atoms with E-state index in [1.54, 1.807) is 6.07 Å². The molecule has 0 amide bonds. The van der Waals surface area contributed by atoms with Crippen molar-refractivity contribution >= 4 is 44.1 Å². The van der Waals surface area contributed by atoms with Crippen LogP contribution in [0.1, 0.15) is 15.9 Å². The molecule has 0 radical (unpaired) electrons. The number of hydrogen-bond donors (Lipinski definition) is 0. The van der Waals surface area contributed by atoms with Crippen LogP contribution in [0.15, 0.2) is 59.1 Å². The van der Waals surface area contributed by atoms with Gasteiger partial charge in [-0.05, 0) is 41.1 Å². The van der Waals surface area contributed by atoms with Gasteiger partial charge in [0, 0.05) is 15.6 Å². The summed E-state index contributed by atoms with van der Waals surface area (Å²) in [6.07, 6.45) is 0. The number of rotatable bonds is 2. The number of fused-ring (bicyclic) bond motifs is 1. The molecule has 0 saturated carbocycles. The third-order valence-corrected chi connectivity index (χ3v) is 4.30. The Bertz CT molecular complexity index is 861. The topological polar surface area (TPSA) is 17.1 Å². The predicted molar refractivity (Wildman–Crippen MR) is 86.5 cm³/mol. The van der Waals surface area contributed by atoms with Gasteiger partial charge < -0.3 is 0 Å². The number of ketones is 1. The van der Waals surface area contributed by atoms with Crippen molar-refractivity contribution in [2.75, 3.05) is 0 Å². The van der Waals surface area contributed by atoms with Gasteiger partial charge in [0.05, 0.1) is 5.02 Å². The number of carbonyl (C=O) groups is 1. The molecule has 0 aromatic heterocycles. The van der Waals surface area contributed by atoms with Crippen molar-refractivity contribution in [1.82, 2.24) is 0 Å². The first-order valence-corrected chi connectivity index (χ1v) is 7.42. The van der Waals surface area contributed by atoms with E-state index in [9.17, 15) is 9.18 Å². The first-order valence-electron chi connectivity index (χ1n) is 6.25. The zero-order valence-electron chi connectivity index (χ0n) is 10.7. The standard InChI is InChI=1S/C17H9BrClFO/c18-14-7-6-13(11-3-1-2-4-12(11)14)17(21)10-5-8-15(19)16(20)9-10/h1-9H. The minimum atomic E-state index is -0.594. The van der Waals surface area contributed by atoms with Crippen LogP contribution >= 0.6 is 27.5 Å². The highest BCUT2D eigenvalue weighted by Gasteiger charge is 2.15. The molecule has 0 heterocycles. The van der Waals surface area contributed by atoms with Crippen molar-refractivity contribution in [3.63, 3.8) is 0 Å². The normalized spacial score (nSPS) is 10.8. The molecule has 0 fully saturated rings. The Morgan fingerprint density at radius 2 is 1.71 bits per heavy atom. The smallest absolute Gasteiger partial charge is 0.193 e. The molecule has 3 rings (SSSR count). The van der Waals surface area contributed by atoms with Crippen molar-refractivity contribution < 1.29 is 9.18 Å². The van der Waals surface area contributed by atoms with Crippen molar-refractivity contribution in [2.45, 2.75) is 0 Å². The molecule has 21 heavy (non-hydrogen) atoms. The van der Waals surface area contributed by atoms with E-state index in [1.165, 1.54) is 18.2 Å². The average molecular weight is 364 g/mol. The Morgan fingerprint density at radius 1 is 1.00 bits per heavy atom. The molecule has 3 aromatic rings. The second-order valence-electron chi connectivity index (χ2n) is 4.60. The molecule has 0 aliphatic carbocycles. The number of halogens is 3. The zero-order valence-corrected chi connectivity index (χ0v) is 13.1. The highest BCUT2D eigenvalue weighted by atomic mass is 79.9. The summed E-state index contributed by atoms with van der Waals surface area (Å²) in [4.78, 5) is 12.6. The zero-order chi connectivity index (χ0) is 15.0. The van der Waals surface area contributed by atoms with Gasteiger partial charge in [0.15, 0.2) is 5.78 Å². The third kappa shape index (κ3) is 2.59. The Labute approximate surface area is 134 Å². The van der Waals surface area contributed by atoms with Crippen LogP contribution in [0.25, 0.3) is 10.8 Å². The molecule has 4 heteroatoms. The van der Waals surface area contributed by atoms with Crippen LogP contribution in [0.5, 0.6) is 0 Å². The second-order valence-corrected chi connectivity index (χ2v) is 5.86. The molecular formula is C17H9BrClFO. The molecule has 104 valence electrons. The van der Waals surface area contributed by atoms with Gasteiger partial charge in [0.25, 0.3) is 0 Å². The summed E-state index contributed by atoms with van der Waals surface area (Å²) in [5.74, 6) is -0.821. The molecule has 3 aromatic carbocycles. The summed E-state index contributed by atoms with van der Waals surface area (Å²) in [7, 11) is 0. The van der Waals surface area contributed by atoms with E-state index in [4.69, 9.17) is 11.6 Å². The van der Waals surface area contributed by atoms with Gasteiger partial charge in [-0.15, -0.1) is 0 Å². The van der Waals surface area contributed by atoms with E-state index in [2.05, 4.69) is 15.9 Å². The fraction of sp³-hybridized carbons (Fsp3) is 0. The van der Waals surface area contributed by atoms with Crippen molar-refractivity contribution in [2.24, 2.45) is 0 Å². The van der Waals surface area contributed by atoms with Gasteiger partial charge in [0.2, 0.25) is 0 Å². The molecule has 0 N–H and O–H groups in total. The van der Waals surface area contributed by atoms with Crippen molar-refractivity contribution in [3.05, 3.63) is 81.0 Å². The lowest BCUT2D eigenvalue weighted by Crippen LogP contribution is -2.03. The molecular weight excluding hydrogens is 355 g/mol. The SMILES string of the molecule is O=C(c1ccc(Cl)c(F)c1)c1ccc(Br)c2ccccc12. The van der Waals surface area contributed by atoms with E-state index >= 15 is 0 Å². The van der Waals surface area contributed by atoms with Crippen LogP contribution < -0.4 is 0 Å². The third-order valence-electron chi connectivity index (χ3n) is 3.30. The predicted octanol–water partition coefficient (Wildman–Crippen LogP) is 5.63. The van der Waals surface area contributed by atoms with Gasteiger partial charge in [-0.25, -0.2) is 4.39 Å². The highest BCUT2D eigenvalue weighted by Crippen LogP contribution is 2.28. The van der Waals surface area contributed by atoms with Gasteiger partial charge >= 0.3 is 0 Å². The average Bonchev–Trinajstić information content (AvgIpc) is 2.50. The van der Waals surface area contributed by atoms with Gasteiger partial charge in [-0.2, -0.15) is 0 Å².